The quantitative estimate of drug-likeness (QED) is 0.530. The van der Waals surface area contributed by atoms with Crippen molar-refractivity contribution in [3.8, 4) is 0 Å². The van der Waals surface area contributed by atoms with Gasteiger partial charge in [-0.25, -0.2) is 0 Å². The van der Waals surface area contributed by atoms with E-state index < -0.39 is 17.6 Å². The van der Waals surface area contributed by atoms with E-state index in [0.717, 1.165) is 6.08 Å². The predicted molar refractivity (Wildman–Crippen MR) is 43.9 cm³/mol. The Morgan fingerprint density at radius 2 is 1.73 bits per heavy atom. The second-order valence-corrected chi connectivity index (χ2v) is 3.33. The maximum absolute atomic E-state index is 13.0. The summed E-state index contributed by atoms with van der Waals surface area (Å²) in [5.74, 6) is -5.04. The van der Waals surface area contributed by atoms with E-state index in [1.165, 1.54) is 0 Å². The Labute approximate surface area is 82.4 Å². The normalized spacial score (nSPS) is 27.7. The molecule has 0 aliphatic heterocycles. The summed E-state index contributed by atoms with van der Waals surface area (Å²) in [6.45, 7) is 0. The van der Waals surface area contributed by atoms with Crippen LogP contribution in [-0.4, -0.2) is 17.6 Å². The second kappa shape index (κ2) is 3.19. The summed E-state index contributed by atoms with van der Waals surface area (Å²) in [4.78, 5) is 0. The first kappa shape index (κ1) is 12.0. The van der Waals surface area contributed by atoms with Gasteiger partial charge in [0.2, 0.25) is 0 Å². The van der Waals surface area contributed by atoms with Gasteiger partial charge in [0, 0.05) is 12.1 Å². The lowest BCUT2D eigenvalue weighted by atomic mass is 9.86. The van der Waals surface area contributed by atoms with Crippen LogP contribution in [0.4, 0.5) is 22.0 Å². The number of rotatable bonds is 1. The molecule has 0 aromatic carbocycles. The molecule has 1 rings (SSSR count). The number of hydrogen-bond donors (Lipinski definition) is 2. The molecule has 0 aromatic rings. The van der Waals surface area contributed by atoms with Crippen molar-refractivity contribution in [3.05, 3.63) is 23.9 Å². The molecule has 15 heavy (non-hydrogen) atoms. The van der Waals surface area contributed by atoms with Crippen LogP contribution in [0.15, 0.2) is 23.9 Å². The van der Waals surface area contributed by atoms with Crippen LogP contribution < -0.4 is 11.5 Å². The van der Waals surface area contributed by atoms with Crippen LogP contribution in [0.2, 0.25) is 0 Å². The largest absolute Gasteiger partial charge is 0.455 e. The third-order valence-electron chi connectivity index (χ3n) is 2.07. The predicted octanol–water partition coefficient (Wildman–Crippen LogP) is 1.68. The standard InChI is InChI=1S/C8H9F5N2/c9-7(10,8(11,12)13)6(15)3-1-2-5(14)4-6/h1,3-4H,2,14-15H2. The highest BCUT2D eigenvalue weighted by Gasteiger charge is 2.67. The Morgan fingerprint density at radius 3 is 2.13 bits per heavy atom. The fraction of sp³-hybridized carbons (Fsp3) is 0.500. The first-order chi connectivity index (χ1) is 6.60. The van der Waals surface area contributed by atoms with E-state index in [1.54, 1.807) is 0 Å². The Kier molecular flexibility index (Phi) is 2.55. The number of hydrogen-bond acceptors (Lipinski definition) is 2. The SMILES string of the molecule is NC1=CC(N)(C(F)(F)C(F)(F)F)C=CC1. The summed E-state index contributed by atoms with van der Waals surface area (Å²) in [6.07, 6.45) is -3.33. The van der Waals surface area contributed by atoms with Crippen LogP contribution in [0, 0.1) is 0 Å². The molecule has 0 heterocycles. The zero-order valence-electron chi connectivity index (χ0n) is 7.48. The van der Waals surface area contributed by atoms with Gasteiger partial charge in [-0.2, -0.15) is 22.0 Å². The van der Waals surface area contributed by atoms with Crippen LogP contribution in [0.1, 0.15) is 6.42 Å². The summed E-state index contributed by atoms with van der Waals surface area (Å²) in [7, 11) is 0. The Balaban J connectivity index is 3.16. The minimum atomic E-state index is -5.71. The van der Waals surface area contributed by atoms with E-state index >= 15 is 0 Å². The number of allylic oxidation sites excluding steroid dienone is 1. The van der Waals surface area contributed by atoms with Crippen LogP contribution in [0.3, 0.4) is 0 Å². The summed E-state index contributed by atoms with van der Waals surface area (Å²) >= 11 is 0. The molecular weight excluding hydrogens is 219 g/mol. The molecule has 1 atom stereocenters. The minimum absolute atomic E-state index is 0.107. The van der Waals surface area contributed by atoms with Gasteiger partial charge in [-0.15, -0.1) is 0 Å². The molecule has 1 unspecified atom stereocenters. The molecule has 0 spiro atoms. The fourth-order valence-electron chi connectivity index (χ4n) is 1.24. The monoisotopic (exact) mass is 228 g/mol. The summed E-state index contributed by atoms with van der Waals surface area (Å²) in [5.41, 5.74) is 7.18. The molecular formula is C8H9F5N2. The van der Waals surface area contributed by atoms with Gasteiger partial charge in [0.1, 0.15) is 5.54 Å². The van der Waals surface area contributed by atoms with Crippen molar-refractivity contribution in [2.24, 2.45) is 11.5 Å². The van der Waals surface area contributed by atoms with Crippen molar-refractivity contribution >= 4 is 0 Å². The van der Waals surface area contributed by atoms with Crippen molar-refractivity contribution in [1.29, 1.82) is 0 Å². The van der Waals surface area contributed by atoms with Crippen molar-refractivity contribution in [1.82, 2.24) is 0 Å². The molecule has 0 fully saturated rings. The maximum atomic E-state index is 13.0. The van der Waals surface area contributed by atoms with Gasteiger partial charge in [0.15, 0.2) is 0 Å². The van der Waals surface area contributed by atoms with Gasteiger partial charge in [-0.1, -0.05) is 12.2 Å². The zero-order valence-corrected chi connectivity index (χ0v) is 7.48. The van der Waals surface area contributed by atoms with E-state index in [1.807, 2.05) is 0 Å². The van der Waals surface area contributed by atoms with Crippen molar-refractivity contribution in [3.63, 3.8) is 0 Å². The molecule has 0 radical (unpaired) electrons. The lowest BCUT2D eigenvalue weighted by Crippen LogP contribution is -2.61. The molecule has 7 heteroatoms. The van der Waals surface area contributed by atoms with Gasteiger partial charge in [-0.3, -0.25) is 0 Å². The fourth-order valence-corrected chi connectivity index (χ4v) is 1.24. The summed E-state index contributed by atoms with van der Waals surface area (Å²) < 4.78 is 62.1. The lowest BCUT2D eigenvalue weighted by molar-refractivity contribution is -0.295. The molecule has 0 aromatic heterocycles. The smallest absolute Gasteiger partial charge is 0.402 e. The topological polar surface area (TPSA) is 52.0 Å². The van der Waals surface area contributed by atoms with Gasteiger partial charge in [-0.05, 0) is 6.08 Å². The van der Waals surface area contributed by atoms with Crippen molar-refractivity contribution in [2.75, 3.05) is 0 Å². The van der Waals surface area contributed by atoms with Crippen LogP contribution in [-0.2, 0) is 0 Å². The lowest BCUT2D eigenvalue weighted by Gasteiger charge is -2.35. The molecule has 0 saturated heterocycles. The van der Waals surface area contributed by atoms with E-state index in [9.17, 15) is 22.0 Å². The van der Waals surface area contributed by atoms with E-state index in [2.05, 4.69) is 0 Å². The Morgan fingerprint density at radius 1 is 1.20 bits per heavy atom. The highest BCUT2D eigenvalue weighted by Crippen LogP contribution is 2.44. The average molecular weight is 228 g/mol. The van der Waals surface area contributed by atoms with Gasteiger partial charge >= 0.3 is 12.1 Å². The van der Waals surface area contributed by atoms with Gasteiger partial charge < -0.3 is 11.5 Å². The molecule has 0 amide bonds. The molecule has 1 aliphatic rings. The van der Waals surface area contributed by atoms with Crippen molar-refractivity contribution < 1.29 is 22.0 Å². The number of halogens is 5. The first-order valence-electron chi connectivity index (χ1n) is 3.98. The third-order valence-corrected chi connectivity index (χ3v) is 2.07. The Hall–Kier alpha value is -1.11. The first-order valence-corrected chi connectivity index (χ1v) is 3.98. The molecule has 86 valence electrons. The zero-order chi connectivity index (χ0) is 11.9. The van der Waals surface area contributed by atoms with E-state index in [4.69, 9.17) is 11.5 Å². The van der Waals surface area contributed by atoms with E-state index in [-0.39, 0.29) is 12.1 Å². The molecule has 1 aliphatic carbocycles. The average Bonchev–Trinajstić information content (AvgIpc) is 2.01. The Bertz CT molecular complexity index is 317. The minimum Gasteiger partial charge on any atom is -0.402 e. The number of alkyl halides is 5. The molecule has 4 N–H and O–H groups in total. The summed E-state index contributed by atoms with van der Waals surface area (Å²) in [5, 5.41) is 0. The van der Waals surface area contributed by atoms with Gasteiger partial charge in [0.25, 0.3) is 0 Å². The highest BCUT2D eigenvalue weighted by atomic mass is 19.4. The van der Waals surface area contributed by atoms with Crippen LogP contribution in [0.25, 0.3) is 0 Å². The van der Waals surface area contributed by atoms with Crippen LogP contribution in [0.5, 0.6) is 0 Å². The number of nitrogens with two attached hydrogens (primary N) is 2. The third kappa shape index (κ3) is 1.83. The summed E-state index contributed by atoms with van der Waals surface area (Å²) in [6, 6.07) is 0. The van der Waals surface area contributed by atoms with Crippen LogP contribution >= 0.6 is 0 Å². The van der Waals surface area contributed by atoms with Gasteiger partial charge in [0.05, 0.1) is 0 Å². The maximum Gasteiger partial charge on any atom is 0.455 e. The van der Waals surface area contributed by atoms with E-state index in [0.29, 0.717) is 12.2 Å². The molecule has 0 saturated carbocycles. The second-order valence-electron chi connectivity index (χ2n) is 3.33. The highest BCUT2D eigenvalue weighted by molar-refractivity contribution is 5.32. The van der Waals surface area contributed by atoms with Crippen molar-refractivity contribution in [2.45, 2.75) is 24.1 Å². The molecule has 0 bridgehead atoms. The molecule has 2 nitrogen and oxygen atoms in total.